The minimum Gasteiger partial charge on any atom is -0.464 e. The maximum Gasteiger partial charge on any atom is 0.305 e. The first kappa shape index (κ1) is 21.1. The lowest BCUT2D eigenvalue weighted by molar-refractivity contribution is -0.144. The number of ether oxygens (including phenoxy) is 1. The Bertz CT molecular complexity index is 311. The minimum absolute atomic E-state index is 0.0560. The summed E-state index contributed by atoms with van der Waals surface area (Å²) in [6.07, 6.45) is 5.78. The molecule has 0 spiro atoms. The molecular weight excluding hydrogens is 328 g/mol. The highest BCUT2D eigenvalue weighted by molar-refractivity contribution is 7.81. The van der Waals surface area contributed by atoms with Gasteiger partial charge in [-0.1, -0.05) is 13.3 Å². The predicted octanol–water partition coefficient (Wildman–Crippen LogP) is 2.74. The molecule has 23 heavy (non-hydrogen) atoms. The number of thiol groups is 2. The fourth-order valence-electron chi connectivity index (χ4n) is 2.86. The van der Waals surface area contributed by atoms with E-state index >= 15 is 0 Å². The molecule has 1 saturated heterocycles. The molecule has 0 unspecified atom stereocenters. The lowest BCUT2D eigenvalue weighted by Gasteiger charge is -2.34. The van der Waals surface area contributed by atoms with Gasteiger partial charge in [-0.05, 0) is 38.0 Å². The van der Waals surface area contributed by atoms with Gasteiger partial charge in [-0.3, -0.25) is 9.69 Å². The van der Waals surface area contributed by atoms with Gasteiger partial charge < -0.3 is 9.64 Å². The van der Waals surface area contributed by atoms with Gasteiger partial charge in [0.05, 0.1) is 0 Å². The van der Waals surface area contributed by atoms with Crippen molar-refractivity contribution in [1.29, 1.82) is 0 Å². The molecule has 4 nitrogen and oxygen atoms in total. The number of piperazine rings is 1. The molecule has 0 aromatic rings. The van der Waals surface area contributed by atoms with Gasteiger partial charge in [0.2, 0.25) is 0 Å². The smallest absolute Gasteiger partial charge is 0.305 e. The monoisotopic (exact) mass is 362 g/mol. The molecule has 1 aliphatic rings. The first-order valence-corrected chi connectivity index (χ1v) is 10.2. The van der Waals surface area contributed by atoms with Crippen LogP contribution in [0.25, 0.3) is 0 Å². The number of rotatable bonds is 12. The fourth-order valence-corrected chi connectivity index (χ4v) is 3.68. The molecular formula is C17H34N2O2S2. The summed E-state index contributed by atoms with van der Waals surface area (Å²) in [5.74, 6) is 0.822. The summed E-state index contributed by atoms with van der Waals surface area (Å²) in [5.41, 5.74) is 0. The second-order valence-electron chi connectivity index (χ2n) is 6.32. The van der Waals surface area contributed by atoms with E-state index in [2.05, 4.69) is 42.0 Å². The highest BCUT2D eigenvalue weighted by Crippen LogP contribution is 2.13. The van der Waals surface area contributed by atoms with Crippen molar-refractivity contribution < 1.29 is 9.53 Å². The lowest BCUT2D eigenvalue weighted by Crippen LogP contribution is -2.47. The van der Waals surface area contributed by atoms with Crippen molar-refractivity contribution in [3.05, 3.63) is 0 Å². The van der Waals surface area contributed by atoms with Crippen LogP contribution in [0.1, 0.15) is 45.4 Å². The topological polar surface area (TPSA) is 32.8 Å². The third-order valence-electron chi connectivity index (χ3n) is 4.31. The van der Waals surface area contributed by atoms with Crippen LogP contribution in [0.4, 0.5) is 0 Å². The molecule has 0 N–H and O–H groups in total. The third-order valence-corrected chi connectivity index (χ3v) is 5.08. The molecule has 0 saturated carbocycles. The Morgan fingerprint density at radius 3 is 2.35 bits per heavy atom. The van der Waals surface area contributed by atoms with Crippen LogP contribution in [0.5, 0.6) is 0 Å². The van der Waals surface area contributed by atoms with E-state index in [0.29, 0.717) is 18.3 Å². The van der Waals surface area contributed by atoms with Gasteiger partial charge in [0.25, 0.3) is 0 Å². The molecule has 1 heterocycles. The van der Waals surface area contributed by atoms with Crippen molar-refractivity contribution in [2.45, 2.75) is 50.7 Å². The van der Waals surface area contributed by atoms with E-state index < -0.39 is 0 Å². The number of nitrogens with zero attached hydrogens (tertiary/aromatic N) is 2. The van der Waals surface area contributed by atoms with Crippen molar-refractivity contribution in [3.8, 4) is 0 Å². The lowest BCUT2D eigenvalue weighted by atomic mass is 10.1. The van der Waals surface area contributed by atoms with Gasteiger partial charge in [0.1, 0.15) is 6.61 Å². The number of hydrogen-bond acceptors (Lipinski definition) is 6. The van der Waals surface area contributed by atoms with Crippen LogP contribution in [0, 0.1) is 0 Å². The number of esters is 1. The number of unbranched alkanes of at least 4 members (excludes halogenated alkanes) is 1. The van der Waals surface area contributed by atoms with Crippen molar-refractivity contribution in [2.24, 2.45) is 0 Å². The van der Waals surface area contributed by atoms with E-state index in [0.717, 1.165) is 64.2 Å². The molecule has 0 aromatic carbocycles. The summed E-state index contributed by atoms with van der Waals surface area (Å²) in [6.45, 7) is 9.27. The zero-order valence-corrected chi connectivity index (χ0v) is 16.4. The number of carbonyl (C=O) groups is 1. The van der Waals surface area contributed by atoms with E-state index in [1.165, 1.54) is 13.0 Å². The van der Waals surface area contributed by atoms with Crippen molar-refractivity contribution in [3.63, 3.8) is 0 Å². The van der Waals surface area contributed by atoms with Gasteiger partial charge in [0, 0.05) is 44.4 Å². The van der Waals surface area contributed by atoms with Gasteiger partial charge in [-0.25, -0.2) is 0 Å². The van der Waals surface area contributed by atoms with E-state index in [1.807, 2.05) is 0 Å². The molecule has 1 rings (SSSR count). The van der Waals surface area contributed by atoms with Crippen LogP contribution in [-0.2, 0) is 9.53 Å². The summed E-state index contributed by atoms with van der Waals surface area (Å²) in [7, 11) is 0. The maximum atomic E-state index is 11.7. The fraction of sp³-hybridized carbons (Fsp3) is 0.941. The summed E-state index contributed by atoms with van der Waals surface area (Å²) < 4.78 is 5.35. The first-order valence-electron chi connectivity index (χ1n) is 9.05. The molecule has 1 fully saturated rings. The Labute approximate surface area is 153 Å². The Morgan fingerprint density at radius 1 is 1.09 bits per heavy atom. The standard InChI is InChI=1S/C17H34N2O2S2/c1-2-8-18-9-11-19(12-10-18)13-14-21-17(20)6-4-3-5-16(23)7-15-22/h16,22-23H,2-15H2,1H3/t16-/m1/s1. The van der Waals surface area contributed by atoms with Crippen molar-refractivity contribution >= 4 is 31.2 Å². The Hall–Kier alpha value is 0.0900. The van der Waals surface area contributed by atoms with Crippen LogP contribution in [-0.4, -0.2) is 72.6 Å². The van der Waals surface area contributed by atoms with E-state index in [4.69, 9.17) is 4.74 Å². The maximum absolute atomic E-state index is 11.7. The summed E-state index contributed by atoms with van der Waals surface area (Å²) in [6, 6.07) is 0. The zero-order valence-electron chi connectivity index (χ0n) is 14.6. The van der Waals surface area contributed by atoms with Crippen LogP contribution in [0.15, 0.2) is 0 Å². The van der Waals surface area contributed by atoms with Gasteiger partial charge in [-0.15, -0.1) is 0 Å². The molecule has 136 valence electrons. The van der Waals surface area contributed by atoms with Gasteiger partial charge in [-0.2, -0.15) is 25.3 Å². The highest BCUT2D eigenvalue weighted by atomic mass is 32.1. The van der Waals surface area contributed by atoms with Crippen LogP contribution in [0.3, 0.4) is 0 Å². The summed E-state index contributed by atoms with van der Waals surface area (Å²) in [5, 5.41) is 0.412. The van der Waals surface area contributed by atoms with E-state index in [9.17, 15) is 4.79 Å². The van der Waals surface area contributed by atoms with E-state index in [1.54, 1.807) is 0 Å². The van der Waals surface area contributed by atoms with Gasteiger partial charge in [0.15, 0.2) is 0 Å². The molecule has 0 aromatic heterocycles. The van der Waals surface area contributed by atoms with Crippen LogP contribution in [0.2, 0.25) is 0 Å². The second kappa shape index (κ2) is 13.4. The van der Waals surface area contributed by atoms with E-state index in [-0.39, 0.29) is 5.97 Å². The Kier molecular flexibility index (Phi) is 12.3. The van der Waals surface area contributed by atoms with Crippen LogP contribution < -0.4 is 0 Å². The largest absolute Gasteiger partial charge is 0.464 e. The van der Waals surface area contributed by atoms with Crippen LogP contribution >= 0.6 is 25.3 Å². The second-order valence-corrected chi connectivity index (χ2v) is 7.49. The molecule has 0 amide bonds. The normalized spacial score (nSPS) is 18.0. The highest BCUT2D eigenvalue weighted by Gasteiger charge is 2.16. The molecule has 0 bridgehead atoms. The Morgan fingerprint density at radius 2 is 1.74 bits per heavy atom. The molecule has 0 radical (unpaired) electrons. The zero-order chi connectivity index (χ0) is 16.9. The predicted molar refractivity (Wildman–Crippen MR) is 104 cm³/mol. The van der Waals surface area contributed by atoms with Gasteiger partial charge >= 0.3 is 5.97 Å². The molecule has 0 aliphatic carbocycles. The third kappa shape index (κ3) is 10.5. The summed E-state index contributed by atoms with van der Waals surface area (Å²) in [4.78, 5) is 16.6. The Balaban J connectivity index is 1.96. The minimum atomic E-state index is -0.0560. The molecule has 1 aliphatic heterocycles. The average Bonchev–Trinajstić information content (AvgIpc) is 2.54. The number of carbonyl (C=O) groups excluding carboxylic acids is 1. The van der Waals surface area contributed by atoms with Crippen molar-refractivity contribution in [1.82, 2.24) is 9.80 Å². The molecule has 6 heteroatoms. The summed E-state index contributed by atoms with van der Waals surface area (Å²) >= 11 is 8.70. The SMILES string of the molecule is CCCN1CCN(CCOC(=O)CCCC[C@@H](S)CCS)CC1. The quantitative estimate of drug-likeness (QED) is 0.318. The average molecular weight is 363 g/mol. The molecule has 1 atom stereocenters. The van der Waals surface area contributed by atoms with Crippen molar-refractivity contribution in [2.75, 3.05) is 51.6 Å². The number of hydrogen-bond donors (Lipinski definition) is 2. The first-order chi connectivity index (χ1) is 11.2.